The average molecular weight is 470 g/mol. The van der Waals surface area contributed by atoms with E-state index in [-0.39, 0.29) is 23.8 Å². The number of benzene rings is 2. The highest BCUT2D eigenvalue weighted by atomic mass is 35.5. The number of amides is 3. The van der Waals surface area contributed by atoms with Crippen LogP contribution in [0.5, 0.6) is 0 Å². The molecule has 4 aliphatic heterocycles. The maximum Gasteiger partial charge on any atom is 0.250 e. The molecule has 2 aromatic carbocycles. The number of nitrogens with one attached hydrogen (secondary N) is 1. The van der Waals surface area contributed by atoms with Crippen LogP contribution in [0.3, 0.4) is 0 Å². The fraction of sp³-hybridized carbons (Fsp3) is 0.375. The van der Waals surface area contributed by atoms with Gasteiger partial charge < -0.3 is 5.32 Å². The zero-order chi connectivity index (χ0) is 22.5. The van der Waals surface area contributed by atoms with Crippen LogP contribution >= 0.6 is 23.2 Å². The molecule has 1 spiro atoms. The number of imide groups is 1. The van der Waals surface area contributed by atoms with Gasteiger partial charge in [-0.1, -0.05) is 35.3 Å². The molecule has 0 aromatic heterocycles. The molecule has 4 atom stereocenters. The number of carbonyl (C=O) groups excluding carboxylic acids is 3. The number of hydrogen-bond donors (Lipinski definition) is 1. The van der Waals surface area contributed by atoms with Crippen molar-refractivity contribution in [1.29, 1.82) is 0 Å². The Bertz CT molecular complexity index is 1250. The summed E-state index contributed by atoms with van der Waals surface area (Å²) in [6, 6.07) is 8.64. The van der Waals surface area contributed by atoms with Gasteiger partial charge in [0.2, 0.25) is 17.7 Å². The predicted octanol–water partition coefficient (Wildman–Crippen LogP) is 4.04. The second-order valence-electron chi connectivity index (χ2n) is 9.16. The van der Waals surface area contributed by atoms with Crippen LogP contribution in [-0.2, 0) is 19.9 Å². The highest BCUT2D eigenvalue weighted by Crippen LogP contribution is 2.61. The first-order chi connectivity index (χ1) is 15.3. The van der Waals surface area contributed by atoms with Crippen LogP contribution in [0.2, 0.25) is 10.0 Å². The Morgan fingerprint density at radius 3 is 2.62 bits per heavy atom. The Morgan fingerprint density at radius 2 is 1.84 bits per heavy atom. The first kappa shape index (κ1) is 20.2. The van der Waals surface area contributed by atoms with Gasteiger partial charge in [0.25, 0.3) is 0 Å². The molecule has 4 aliphatic rings. The van der Waals surface area contributed by atoms with Crippen molar-refractivity contribution in [3.05, 3.63) is 57.1 Å². The zero-order valence-electron chi connectivity index (χ0n) is 17.6. The Kier molecular flexibility index (Phi) is 4.15. The first-order valence-electron chi connectivity index (χ1n) is 10.8. The van der Waals surface area contributed by atoms with Gasteiger partial charge in [-0.25, -0.2) is 4.90 Å². The number of halogens is 2. The normalized spacial score (nSPS) is 30.8. The molecule has 1 N–H and O–H groups in total. The van der Waals surface area contributed by atoms with Crippen molar-refractivity contribution in [1.82, 2.24) is 4.90 Å². The molecule has 6 rings (SSSR count). The number of rotatable bonds is 1. The Morgan fingerprint density at radius 1 is 1.06 bits per heavy atom. The van der Waals surface area contributed by atoms with Gasteiger partial charge in [0.1, 0.15) is 5.54 Å². The van der Waals surface area contributed by atoms with E-state index in [1.54, 1.807) is 24.3 Å². The fourth-order valence-corrected chi connectivity index (χ4v) is 6.78. The largest absolute Gasteiger partial charge is 0.324 e. The molecular formula is C24H21Cl2N3O3. The minimum atomic E-state index is -1.20. The molecule has 8 heteroatoms. The van der Waals surface area contributed by atoms with Crippen LogP contribution in [-0.4, -0.2) is 35.2 Å². The van der Waals surface area contributed by atoms with Gasteiger partial charge in [-0.05, 0) is 62.6 Å². The fourth-order valence-electron chi connectivity index (χ4n) is 6.45. The van der Waals surface area contributed by atoms with Crippen molar-refractivity contribution in [2.45, 2.75) is 38.3 Å². The van der Waals surface area contributed by atoms with Gasteiger partial charge in [0.15, 0.2) is 0 Å². The van der Waals surface area contributed by atoms with Crippen LogP contribution in [0.25, 0.3) is 0 Å². The molecule has 3 fully saturated rings. The van der Waals surface area contributed by atoms with Crippen LogP contribution in [0.4, 0.5) is 11.4 Å². The lowest BCUT2D eigenvalue weighted by molar-refractivity contribution is -0.135. The number of nitrogens with zero attached hydrogens (tertiary/aromatic N) is 2. The van der Waals surface area contributed by atoms with Crippen molar-refractivity contribution in [3.63, 3.8) is 0 Å². The third kappa shape index (κ3) is 2.23. The SMILES string of the molecule is Cc1ccc(Cl)cc1N1C(=O)C2C3CCCN3C3(C(=O)Nc4c3ccc(Cl)c4C)C2C1=O. The van der Waals surface area contributed by atoms with E-state index < -0.39 is 17.4 Å². The summed E-state index contributed by atoms with van der Waals surface area (Å²) in [7, 11) is 0. The number of carbonyl (C=O) groups is 3. The minimum Gasteiger partial charge on any atom is -0.324 e. The molecule has 4 unspecified atom stereocenters. The van der Waals surface area contributed by atoms with Gasteiger partial charge in [-0.3, -0.25) is 19.3 Å². The standard InChI is InChI=1S/C24H21Cl2N3O3/c1-11-5-6-13(25)10-17(11)29-21(30)18-16-4-3-9-28(16)24(19(18)22(29)31)14-7-8-15(26)12(2)20(14)27-23(24)32/h5-8,10,16,18-19H,3-4,9H2,1-2H3,(H,27,32). The molecule has 0 bridgehead atoms. The summed E-state index contributed by atoms with van der Waals surface area (Å²) in [5.74, 6) is -2.19. The molecule has 3 amide bonds. The smallest absolute Gasteiger partial charge is 0.250 e. The summed E-state index contributed by atoms with van der Waals surface area (Å²) >= 11 is 12.5. The number of fused-ring (bicyclic) bond motifs is 7. The maximum atomic E-state index is 14.0. The van der Waals surface area contributed by atoms with E-state index in [0.717, 1.165) is 29.5 Å². The van der Waals surface area contributed by atoms with Crippen LogP contribution in [0.1, 0.15) is 29.5 Å². The molecule has 32 heavy (non-hydrogen) atoms. The third-order valence-corrected chi connectivity index (χ3v) is 8.42. The topological polar surface area (TPSA) is 69.7 Å². The van der Waals surface area contributed by atoms with E-state index in [9.17, 15) is 14.4 Å². The van der Waals surface area contributed by atoms with Gasteiger partial charge >= 0.3 is 0 Å². The lowest BCUT2D eigenvalue weighted by Gasteiger charge is -2.36. The van der Waals surface area contributed by atoms with Crippen LogP contribution < -0.4 is 10.2 Å². The molecule has 2 aromatic rings. The van der Waals surface area contributed by atoms with E-state index in [4.69, 9.17) is 23.2 Å². The van der Waals surface area contributed by atoms with Crippen molar-refractivity contribution in [2.75, 3.05) is 16.8 Å². The molecule has 0 aliphatic carbocycles. The van der Waals surface area contributed by atoms with E-state index in [1.807, 2.05) is 19.9 Å². The second-order valence-corrected chi connectivity index (χ2v) is 10.0. The van der Waals surface area contributed by atoms with Gasteiger partial charge in [-0.2, -0.15) is 0 Å². The zero-order valence-corrected chi connectivity index (χ0v) is 19.1. The van der Waals surface area contributed by atoms with Crippen molar-refractivity contribution in [2.24, 2.45) is 11.8 Å². The summed E-state index contributed by atoms with van der Waals surface area (Å²) in [6.07, 6.45) is 1.65. The Hall–Kier alpha value is -2.41. The highest BCUT2D eigenvalue weighted by molar-refractivity contribution is 6.33. The number of anilines is 2. The average Bonchev–Trinajstić information content (AvgIpc) is 3.46. The number of aryl methyl sites for hydroxylation is 1. The molecule has 0 saturated carbocycles. The minimum absolute atomic E-state index is 0.159. The molecule has 164 valence electrons. The van der Waals surface area contributed by atoms with Gasteiger partial charge in [0.05, 0.1) is 23.2 Å². The Labute approximate surface area is 195 Å². The quantitative estimate of drug-likeness (QED) is 0.639. The second kappa shape index (κ2) is 6.56. The molecule has 6 nitrogen and oxygen atoms in total. The summed E-state index contributed by atoms with van der Waals surface area (Å²) in [5, 5.41) is 4.01. The van der Waals surface area contributed by atoms with E-state index >= 15 is 0 Å². The molecule has 0 radical (unpaired) electrons. The predicted molar refractivity (Wildman–Crippen MR) is 122 cm³/mol. The van der Waals surface area contributed by atoms with Crippen molar-refractivity contribution < 1.29 is 14.4 Å². The number of hydrogen-bond acceptors (Lipinski definition) is 4. The van der Waals surface area contributed by atoms with E-state index in [0.29, 0.717) is 28.0 Å². The maximum absolute atomic E-state index is 14.0. The summed E-state index contributed by atoms with van der Waals surface area (Å²) < 4.78 is 0. The highest BCUT2D eigenvalue weighted by Gasteiger charge is 2.74. The molecule has 3 saturated heterocycles. The van der Waals surface area contributed by atoms with Crippen molar-refractivity contribution in [3.8, 4) is 0 Å². The Balaban J connectivity index is 1.58. The van der Waals surface area contributed by atoms with Crippen molar-refractivity contribution >= 4 is 52.3 Å². The monoisotopic (exact) mass is 469 g/mol. The third-order valence-electron chi connectivity index (χ3n) is 7.77. The van der Waals surface area contributed by atoms with Gasteiger partial charge in [-0.15, -0.1) is 0 Å². The molecule has 4 heterocycles. The first-order valence-corrected chi connectivity index (χ1v) is 11.6. The van der Waals surface area contributed by atoms with E-state index in [1.165, 1.54) is 4.90 Å². The van der Waals surface area contributed by atoms with Crippen LogP contribution in [0, 0.1) is 25.7 Å². The van der Waals surface area contributed by atoms with E-state index in [2.05, 4.69) is 10.2 Å². The molecular weight excluding hydrogens is 449 g/mol. The lowest BCUT2D eigenvalue weighted by atomic mass is 9.75. The lowest BCUT2D eigenvalue weighted by Crippen LogP contribution is -2.54. The van der Waals surface area contributed by atoms with Gasteiger partial charge in [0, 0.05) is 21.7 Å². The van der Waals surface area contributed by atoms with Crippen LogP contribution in [0.15, 0.2) is 30.3 Å². The summed E-state index contributed by atoms with van der Waals surface area (Å²) in [4.78, 5) is 44.8. The summed E-state index contributed by atoms with van der Waals surface area (Å²) in [5.41, 5.74) is 2.25. The summed E-state index contributed by atoms with van der Waals surface area (Å²) in [6.45, 7) is 4.38.